The summed E-state index contributed by atoms with van der Waals surface area (Å²) in [6.07, 6.45) is 1.07. The Morgan fingerprint density at radius 2 is 1.69 bits per heavy atom. The molecule has 1 aliphatic carbocycles. The van der Waals surface area contributed by atoms with E-state index in [0.717, 1.165) is 16.0 Å². The summed E-state index contributed by atoms with van der Waals surface area (Å²) in [6, 6.07) is 5.52. The number of anilines is 1. The number of rotatable bonds is 5. The summed E-state index contributed by atoms with van der Waals surface area (Å²) in [5.41, 5.74) is 2.61. The number of esters is 1. The molecule has 1 N–H and O–H groups in total. The Balaban J connectivity index is 1.53. The van der Waals surface area contributed by atoms with Crippen molar-refractivity contribution >= 4 is 61.2 Å². The first kappa shape index (κ1) is 22.0. The average Bonchev–Trinajstić information content (AvgIpc) is 2.89. The minimum Gasteiger partial charge on any atom is -0.454 e. The van der Waals surface area contributed by atoms with E-state index in [1.807, 2.05) is 26.0 Å². The highest BCUT2D eigenvalue weighted by Gasteiger charge is 2.52. The summed E-state index contributed by atoms with van der Waals surface area (Å²) < 4.78 is 4.98. The van der Waals surface area contributed by atoms with Crippen LogP contribution in [0.4, 0.5) is 5.69 Å². The van der Waals surface area contributed by atoms with Crippen molar-refractivity contribution in [3.8, 4) is 0 Å². The predicted octanol–water partition coefficient (Wildman–Crippen LogP) is 2.71. The van der Waals surface area contributed by atoms with Crippen LogP contribution >= 0.6 is 31.9 Å². The van der Waals surface area contributed by atoms with Gasteiger partial charge in [0.15, 0.2) is 6.61 Å². The third-order valence-electron chi connectivity index (χ3n) is 5.53. The van der Waals surface area contributed by atoms with Crippen molar-refractivity contribution < 1.29 is 23.9 Å². The molecule has 1 aliphatic heterocycles. The topological polar surface area (TPSA) is 92.8 Å². The van der Waals surface area contributed by atoms with Gasteiger partial charge in [0.1, 0.15) is 6.54 Å². The maximum absolute atomic E-state index is 12.6. The number of amides is 3. The number of nitrogens with one attached hydrogen (secondary N) is 1. The number of imide groups is 1. The standard InChI is InChI=1S/C20H22Br2N2O5/c1-10-4-3-5-16(11(10)2)23-17(25)9-29-18(26)8-24-19(27)12-6-14(21)15(22)7-13(12)20(24)28/h3-5,12-15H,6-9H2,1-2H3,(H,23,25)/t12-,13+,14+,15-. The van der Waals surface area contributed by atoms with E-state index < -0.39 is 36.9 Å². The zero-order chi connectivity index (χ0) is 21.3. The van der Waals surface area contributed by atoms with Crippen molar-refractivity contribution in [1.29, 1.82) is 0 Å². The minimum absolute atomic E-state index is 0.0983. The number of fused-ring (bicyclic) bond motifs is 1. The van der Waals surface area contributed by atoms with Crippen molar-refractivity contribution in [2.45, 2.75) is 36.3 Å². The highest BCUT2D eigenvalue weighted by molar-refractivity contribution is 9.12. The van der Waals surface area contributed by atoms with Gasteiger partial charge >= 0.3 is 5.97 Å². The van der Waals surface area contributed by atoms with E-state index in [-0.39, 0.29) is 21.5 Å². The Morgan fingerprint density at radius 3 is 2.28 bits per heavy atom. The number of likely N-dealkylation sites (tertiary alicyclic amines) is 1. The molecule has 0 aromatic heterocycles. The molecule has 4 atom stereocenters. The van der Waals surface area contributed by atoms with Crippen LogP contribution < -0.4 is 5.32 Å². The first-order valence-corrected chi connectivity index (χ1v) is 11.2. The van der Waals surface area contributed by atoms with Crippen LogP contribution in [-0.2, 0) is 23.9 Å². The van der Waals surface area contributed by atoms with Crippen molar-refractivity contribution in [3.05, 3.63) is 29.3 Å². The van der Waals surface area contributed by atoms with Crippen molar-refractivity contribution in [2.24, 2.45) is 11.8 Å². The van der Waals surface area contributed by atoms with Crippen LogP contribution in [0, 0.1) is 25.7 Å². The van der Waals surface area contributed by atoms with Gasteiger partial charge in [-0.2, -0.15) is 0 Å². The quantitative estimate of drug-likeness (QED) is 0.359. The van der Waals surface area contributed by atoms with Gasteiger partial charge in [0.05, 0.1) is 11.8 Å². The molecule has 9 heteroatoms. The van der Waals surface area contributed by atoms with E-state index in [0.29, 0.717) is 18.5 Å². The highest BCUT2D eigenvalue weighted by atomic mass is 79.9. The number of aryl methyl sites for hydroxylation is 1. The lowest BCUT2D eigenvalue weighted by molar-refractivity contribution is -0.154. The maximum Gasteiger partial charge on any atom is 0.326 e. The molecule has 0 unspecified atom stereocenters. The van der Waals surface area contributed by atoms with E-state index in [1.165, 1.54) is 0 Å². The molecule has 0 bridgehead atoms. The maximum atomic E-state index is 12.6. The predicted molar refractivity (Wildman–Crippen MR) is 114 cm³/mol. The molecule has 2 fully saturated rings. The van der Waals surface area contributed by atoms with Crippen molar-refractivity contribution in [3.63, 3.8) is 0 Å². The van der Waals surface area contributed by atoms with Gasteiger partial charge in [0.2, 0.25) is 11.8 Å². The highest BCUT2D eigenvalue weighted by Crippen LogP contribution is 2.43. The Morgan fingerprint density at radius 1 is 1.10 bits per heavy atom. The SMILES string of the molecule is Cc1cccc(NC(=O)COC(=O)CN2C(=O)[C@H]3C[C@@H](Br)[C@@H](Br)C[C@H]3C2=O)c1C. The van der Waals surface area contributed by atoms with Gasteiger partial charge in [0.25, 0.3) is 5.91 Å². The molecule has 7 nitrogen and oxygen atoms in total. The van der Waals surface area contributed by atoms with Gasteiger partial charge in [-0.15, -0.1) is 0 Å². The molecule has 1 aromatic carbocycles. The Bertz CT molecular complexity index is 831. The number of benzene rings is 1. The van der Waals surface area contributed by atoms with Gasteiger partial charge in [-0.25, -0.2) is 0 Å². The average molecular weight is 530 g/mol. The van der Waals surface area contributed by atoms with Gasteiger partial charge in [-0.3, -0.25) is 24.1 Å². The van der Waals surface area contributed by atoms with Crippen LogP contribution in [0.25, 0.3) is 0 Å². The number of alkyl halides is 2. The Hall–Kier alpha value is -1.74. The second-order valence-corrected chi connectivity index (χ2v) is 9.79. The molecule has 3 amide bonds. The van der Waals surface area contributed by atoms with E-state index >= 15 is 0 Å². The van der Waals surface area contributed by atoms with E-state index in [4.69, 9.17) is 4.74 Å². The molecular formula is C20H22Br2N2O5. The lowest BCUT2D eigenvalue weighted by Gasteiger charge is -2.29. The summed E-state index contributed by atoms with van der Waals surface area (Å²) in [5, 5.41) is 2.69. The van der Waals surface area contributed by atoms with E-state index in [2.05, 4.69) is 37.2 Å². The van der Waals surface area contributed by atoms with Crippen molar-refractivity contribution in [2.75, 3.05) is 18.5 Å². The van der Waals surface area contributed by atoms with E-state index in [9.17, 15) is 19.2 Å². The fraction of sp³-hybridized carbons (Fsp3) is 0.500. The largest absolute Gasteiger partial charge is 0.454 e. The summed E-state index contributed by atoms with van der Waals surface area (Å²) in [7, 11) is 0. The van der Waals surface area contributed by atoms with E-state index in [1.54, 1.807) is 6.07 Å². The van der Waals surface area contributed by atoms with Gasteiger partial charge in [-0.05, 0) is 43.9 Å². The van der Waals surface area contributed by atoms with Crippen LogP contribution in [0.15, 0.2) is 18.2 Å². The van der Waals surface area contributed by atoms with Crippen LogP contribution in [0.1, 0.15) is 24.0 Å². The lowest BCUT2D eigenvalue weighted by atomic mass is 9.81. The fourth-order valence-corrected chi connectivity index (χ4v) is 4.95. The number of halogens is 2. The molecule has 1 saturated carbocycles. The monoisotopic (exact) mass is 528 g/mol. The first-order valence-electron chi connectivity index (χ1n) is 9.34. The zero-order valence-corrected chi connectivity index (χ0v) is 19.3. The summed E-state index contributed by atoms with van der Waals surface area (Å²) in [5.74, 6) is -2.79. The molecule has 156 valence electrons. The second-order valence-electron chi connectivity index (χ2n) is 7.44. The number of hydrogen-bond donors (Lipinski definition) is 1. The normalized spacial score (nSPS) is 26.3. The van der Waals surface area contributed by atoms with Crippen LogP contribution in [0.3, 0.4) is 0 Å². The van der Waals surface area contributed by atoms with Gasteiger partial charge < -0.3 is 10.1 Å². The molecule has 3 rings (SSSR count). The first-order chi connectivity index (χ1) is 13.7. The number of nitrogens with zero attached hydrogens (tertiary/aromatic N) is 1. The van der Waals surface area contributed by atoms with Crippen LogP contribution in [0.2, 0.25) is 0 Å². The summed E-state index contributed by atoms with van der Waals surface area (Å²) in [6.45, 7) is 2.86. The number of carbonyl (C=O) groups excluding carboxylic acids is 4. The summed E-state index contributed by atoms with van der Waals surface area (Å²) in [4.78, 5) is 50.5. The van der Waals surface area contributed by atoms with Crippen LogP contribution in [-0.4, -0.2) is 51.4 Å². The summed E-state index contributed by atoms with van der Waals surface area (Å²) >= 11 is 7.04. The fourth-order valence-electron chi connectivity index (χ4n) is 3.71. The molecule has 0 spiro atoms. The molecule has 1 aromatic rings. The number of ether oxygens (including phenoxy) is 1. The number of hydrogen-bond acceptors (Lipinski definition) is 5. The second kappa shape index (κ2) is 8.95. The van der Waals surface area contributed by atoms with Gasteiger partial charge in [0, 0.05) is 15.3 Å². The Kier molecular flexibility index (Phi) is 6.78. The van der Waals surface area contributed by atoms with Crippen molar-refractivity contribution in [1.82, 2.24) is 4.90 Å². The zero-order valence-electron chi connectivity index (χ0n) is 16.1. The molecule has 29 heavy (non-hydrogen) atoms. The Labute approximate surface area is 185 Å². The molecular weight excluding hydrogens is 508 g/mol. The van der Waals surface area contributed by atoms with Crippen LogP contribution in [0.5, 0.6) is 0 Å². The molecule has 1 heterocycles. The molecule has 0 radical (unpaired) electrons. The number of carbonyl (C=O) groups is 4. The molecule has 2 aliphatic rings. The van der Waals surface area contributed by atoms with Gasteiger partial charge in [-0.1, -0.05) is 44.0 Å². The third-order valence-corrected chi connectivity index (χ3v) is 8.27. The third kappa shape index (κ3) is 4.71. The smallest absolute Gasteiger partial charge is 0.326 e. The molecule has 1 saturated heterocycles. The minimum atomic E-state index is -0.785. The lowest BCUT2D eigenvalue weighted by Crippen LogP contribution is -2.37.